The van der Waals surface area contributed by atoms with Crippen LogP contribution in [-0.4, -0.2) is 84.6 Å². The van der Waals surface area contributed by atoms with Crippen molar-refractivity contribution in [3.8, 4) is 11.1 Å². The lowest BCUT2D eigenvalue weighted by Gasteiger charge is -2.37. The number of H-pyrrole nitrogens is 1. The van der Waals surface area contributed by atoms with E-state index in [0.29, 0.717) is 17.8 Å². The molecule has 2 saturated heterocycles. The van der Waals surface area contributed by atoms with E-state index in [2.05, 4.69) is 66.5 Å². The number of hydrogen-bond acceptors (Lipinski definition) is 6. The number of pyridine rings is 1. The second kappa shape index (κ2) is 12.7. The second-order valence-corrected chi connectivity index (χ2v) is 11.3. The van der Waals surface area contributed by atoms with Gasteiger partial charge < -0.3 is 25.8 Å². The third-order valence-corrected chi connectivity index (χ3v) is 8.55. The fourth-order valence-electron chi connectivity index (χ4n) is 6.21. The summed E-state index contributed by atoms with van der Waals surface area (Å²) in [6.07, 6.45) is 10.2. The predicted molar refractivity (Wildman–Crippen MR) is 167 cm³/mol. The van der Waals surface area contributed by atoms with E-state index in [1.54, 1.807) is 6.20 Å². The summed E-state index contributed by atoms with van der Waals surface area (Å²) in [4.78, 5) is 28.2. The minimum absolute atomic E-state index is 0.0740. The molecule has 2 aromatic carbocycles. The van der Waals surface area contributed by atoms with E-state index < -0.39 is 0 Å². The number of para-hydroxylation sites is 1. The average Bonchev–Trinajstić information content (AvgIpc) is 3.69. The van der Waals surface area contributed by atoms with E-state index in [1.807, 2.05) is 24.4 Å². The Bertz CT molecular complexity index is 1470. The van der Waals surface area contributed by atoms with Crippen LogP contribution < -0.4 is 16.0 Å². The van der Waals surface area contributed by atoms with Gasteiger partial charge in [0.25, 0.3) is 5.91 Å². The molecule has 0 saturated carbocycles. The molecule has 4 aromatic rings. The molecule has 1 amide bonds. The van der Waals surface area contributed by atoms with Crippen molar-refractivity contribution in [1.29, 1.82) is 0 Å². The molecule has 8 nitrogen and oxygen atoms in total. The fraction of sp³-hybridized carbons (Fsp3) is 0.394. The van der Waals surface area contributed by atoms with Crippen LogP contribution in [0.4, 0.5) is 11.4 Å². The second-order valence-electron chi connectivity index (χ2n) is 11.3. The van der Waals surface area contributed by atoms with Crippen molar-refractivity contribution in [2.24, 2.45) is 0 Å². The third kappa shape index (κ3) is 6.55. The van der Waals surface area contributed by atoms with Crippen LogP contribution in [0, 0.1) is 0 Å². The topological polar surface area (TPSA) is 93.5 Å². The highest BCUT2D eigenvalue weighted by atomic mass is 16.1. The van der Waals surface area contributed by atoms with E-state index in [4.69, 9.17) is 5.73 Å². The van der Waals surface area contributed by atoms with Gasteiger partial charge in [0.05, 0.1) is 5.56 Å². The summed E-state index contributed by atoms with van der Waals surface area (Å²) in [5, 5.41) is 4.40. The van der Waals surface area contributed by atoms with Crippen LogP contribution in [-0.2, 0) is 6.42 Å². The number of nitrogens with zero attached hydrogens (tertiary/aromatic N) is 4. The quantitative estimate of drug-likeness (QED) is 0.200. The summed E-state index contributed by atoms with van der Waals surface area (Å²) in [5.74, 6) is -0.0740. The SMILES string of the molecule is Nc1ccc(N2CCN(CCc3c[nH]c4ccccc34)CC2)c(-c2cncc(C(=O)NCCCN3CCCC3)c2)c1. The van der Waals surface area contributed by atoms with Crippen molar-refractivity contribution in [1.82, 2.24) is 25.1 Å². The number of rotatable bonds is 10. The highest BCUT2D eigenvalue weighted by molar-refractivity contribution is 5.95. The molecule has 4 heterocycles. The van der Waals surface area contributed by atoms with Crippen LogP contribution in [0.3, 0.4) is 0 Å². The molecular weight excluding hydrogens is 510 g/mol. The fourth-order valence-corrected chi connectivity index (χ4v) is 6.21. The van der Waals surface area contributed by atoms with Gasteiger partial charge in [0.2, 0.25) is 0 Å². The monoisotopic (exact) mass is 551 g/mol. The molecule has 41 heavy (non-hydrogen) atoms. The highest BCUT2D eigenvalue weighted by Crippen LogP contribution is 2.33. The Labute approximate surface area is 242 Å². The maximum absolute atomic E-state index is 12.9. The van der Waals surface area contributed by atoms with Crippen LogP contribution >= 0.6 is 0 Å². The van der Waals surface area contributed by atoms with Gasteiger partial charge in [-0.1, -0.05) is 18.2 Å². The number of benzene rings is 2. The summed E-state index contributed by atoms with van der Waals surface area (Å²) in [6.45, 7) is 9.02. The Morgan fingerprint density at radius 2 is 1.73 bits per heavy atom. The van der Waals surface area contributed by atoms with Gasteiger partial charge in [-0.05, 0) is 81.2 Å². The first kappa shape index (κ1) is 27.3. The molecule has 6 rings (SSSR count). The van der Waals surface area contributed by atoms with Crippen LogP contribution in [0.25, 0.3) is 22.0 Å². The number of carbonyl (C=O) groups excluding carboxylic acids is 1. The number of aromatic nitrogens is 2. The Kier molecular flexibility index (Phi) is 8.49. The number of hydrogen-bond donors (Lipinski definition) is 3. The molecule has 2 aliphatic heterocycles. The van der Waals surface area contributed by atoms with E-state index in [0.717, 1.165) is 68.9 Å². The van der Waals surface area contributed by atoms with Crippen molar-refractivity contribution >= 4 is 28.2 Å². The number of likely N-dealkylation sites (tertiary alicyclic amines) is 1. The molecule has 0 aliphatic carbocycles. The zero-order chi connectivity index (χ0) is 28.0. The summed E-state index contributed by atoms with van der Waals surface area (Å²) in [7, 11) is 0. The lowest BCUT2D eigenvalue weighted by Crippen LogP contribution is -2.47. The lowest BCUT2D eigenvalue weighted by molar-refractivity contribution is 0.0951. The Balaban J connectivity index is 1.07. The number of anilines is 2. The number of nitrogen functional groups attached to an aromatic ring is 1. The summed E-state index contributed by atoms with van der Waals surface area (Å²) >= 11 is 0. The van der Waals surface area contributed by atoms with Gasteiger partial charge in [0.1, 0.15) is 0 Å². The summed E-state index contributed by atoms with van der Waals surface area (Å²) in [6, 6.07) is 16.5. The Hall–Kier alpha value is -3.88. The molecule has 8 heteroatoms. The molecule has 2 fully saturated rings. The first-order valence-electron chi connectivity index (χ1n) is 15.0. The molecule has 214 valence electrons. The van der Waals surface area contributed by atoms with Crippen molar-refractivity contribution in [3.05, 3.63) is 78.2 Å². The van der Waals surface area contributed by atoms with E-state index in [9.17, 15) is 4.79 Å². The zero-order valence-electron chi connectivity index (χ0n) is 23.8. The molecule has 0 radical (unpaired) electrons. The molecule has 0 bridgehead atoms. The minimum Gasteiger partial charge on any atom is -0.399 e. The van der Waals surface area contributed by atoms with Gasteiger partial charge in [0, 0.05) is 91.3 Å². The standard InChI is InChI=1S/C33H41N7O/c34-28-8-9-32(40-18-16-39(17-19-40)15-10-25-24-37-31-7-2-1-6-29(25)31)30(21-28)26-20-27(23-35-22-26)33(41)36-11-5-14-38-12-3-4-13-38/h1-2,6-9,20-24,37H,3-5,10-19,34H2,(H,36,41). The zero-order valence-corrected chi connectivity index (χ0v) is 23.8. The number of fused-ring (bicyclic) bond motifs is 1. The molecular formula is C33H41N7O. The highest BCUT2D eigenvalue weighted by Gasteiger charge is 2.21. The largest absolute Gasteiger partial charge is 0.399 e. The van der Waals surface area contributed by atoms with Crippen LogP contribution in [0.15, 0.2) is 67.1 Å². The van der Waals surface area contributed by atoms with Gasteiger partial charge in [0.15, 0.2) is 0 Å². The van der Waals surface area contributed by atoms with Crippen molar-refractivity contribution in [3.63, 3.8) is 0 Å². The van der Waals surface area contributed by atoms with Crippen LogP contribution in [0.5, 0.6) is 0 Å². The third-order valence-electron chi connectivity index (χ3n) is 8.55. The molecule has 2 aromatic heterocycles. The first-order chi connectivity index (χ1) is 20.1. The van der Waals surface area contributed by atoms with Gasteiger partial charge in [-0.3, -0.25) is 14.7 Å². The number of piperazine rings is 1. The van der Waals surface area contributed by atoms with Gasteiger partial charge in [-0.2, -0.15) is 0 Å². The molecule has 0 spiro atoms. The average molecular weight is 552 g/mol. The number of amides is 1. The van der Waals surface area contributed by atoms with Crippen molar-refractivity contribution in [2.75, 3.05) is 69.5 Å². The number of nitrogens with one attached hydrogen (secondary N) is 2. The van der Waals surface area contributed by atoms with Crippen molar-refractivity contribution in [2.45, 2.75) is 25.7 Å². The van der Waals surface area contributed by atoms with Gasteiger partial charge in [-0.25, -0.2) is 0 Å². The molecule has 4 N–H and O–H groups in total. The molecule has 0 atom stereocenters. The normalized spacial score (nSPS) is 16.4. The van der Waals surface area contributed by atoms with Crippen LogP contribution in [0.2, 0.25) is 0 Å². The minimum atomic E-state index is -0.0740. The summed E-state index contributed by atoms with van der Waals surface area (Å²) in [5.41, 5.74) is 13.2. The molecule has 2 aliphatic rings. The maximum atomic E-state index is 12.9. The van der Waals surface area contributed by atoms with Crippen molar-refractivity contribution < 1.29 is 4.79 Å². The first-order valence-corrected chi connectivity index (χ1v) is 15.0. The predicted octanol–water partition coefficient (Wildman–Crippen LogP) is 4.39. The Morgan fingerprint density at radius 1 is 0.927 bits per heavy atom. The molecule has 0 unspecified atom stereocenters. The lowest BCUT2D eigenvalue weighted by atomic mass is 10.0. The van der Waals surface area contributed by atoms with E-state index in [1.165, 1.54) is 42.4 Å². The Morgan fingerprint density at radius 3 is 2.59 bits per heavy atom. The number of aromatic amines is 1. The smallest absolute Gasteiger partial charge is 0.252 e. The maximum Gasteiger partial charge on any atom is 0.252 e. The van der Waals surface area contributed by atoms with E-state index >= 15 is 0 Å². The van der Waals surface area contributed by atoms with Gasteiger partial charge >= 0.3 is 0 Å². The van der Waals surface area contributed by atoms with Crippen LogP contribution in [0.1, 0.15) is 35.2 Å². The van der Waals surface area contributed by atoms with Gasteiger partial charge in [-0.15, -0.1) is 0 Å². The number of carbonyl (C=O) groups is 1. The number of nitrogens with two attached hydrogens (primary N) is 1. The summed E-state index contributed by atoms with van der Waals surface area (Å²) < 4.78 is 0. The van der Waals surface area contributed by atoms with E-state index in [-0.39, 0.29) is 5.91 Å².